The van der Waals surface area contributed by atoms with Crippen LogP contribution in [0.2, 0.25) is 0 Å². The molecule has 0 radical (unpaired) electrons. The van der Waals surface area contributed by atoms with E-state index in [9.17, 15) is 5.11 Å². The van der Waals surface area contributed by atoms with Crippen molar-refractivity contribution in [1.82, 2.24) is 15.1 Å². The van der Waals surface area contributed by atoms with E-state index in [0.717, 1.165) is 15.6 Å². The van der Waals surface area contributed by atoms with Crippen molar-refractivity contribution in [2.24, 2.45) is 0 Å². The van der Waals surface area contributed by atoms with Gasteiger partial charge in [0, 0.05) is 16.2 Å². The Bertz CT molecular complexity index is 771. The maximum Gasteiger partial charge on any atom is 0.262 e. The van der Waals surface area contributed by atoms with Crippen molar-refractivity contribution >= 4 is 15.9 Å². The molecule has 3 rings (SSSR count). The van der Waals surface area contributed by atoms with Gasteiger partial charge < -0.3 is 9.63 Å². The molecule has 0 fully saturated rings. The minimum absolute atomic E-state index is 0.00721. The predicted octanol–water partition coefficient (Wildman–Crippen LogP) is 3.58. The van der Waals surface area contributed by atoms with Gasteiger partial charge in [-0.15, -0.1) is 0 Å². The van der Waals surface area contributed by atoms with Crippen LogP contribution in [0.3, 0.4) is 0 Å². The second-order valence-electron chi connectivity index (χ2n) is 4.28. The molecule has 0 aliphatic carbocycles. The van der Waals surface area contributed by atoms with E-state index in [2.05, 4.69) is 31.1 Å². The zero-order chi connectivity index (χ0) is 14.1. The molecule has 1 N–H and O–H groups in total. The number of aromatic nitrogens is 3. The van der Waals surface area contributed by atoms with E-state index in [4.69, 9.17) is 4.52 Å². The second kappa shape index (κ2) is 5.05. The van der Waals surface area contributed by atoms with Gasteiger partial charge in [0.2, 0.25) is 5.82 Å². The number of rotatable bonds is 2. The molecule has 3 aromatic rings. The molecule has 20 heavy (non-hydrogen) atoms. The normalized spacial score (nSPS) is 10.7. The molecule has 6 heteroatoms. The Morgan fingerprint density at radius 3 is 2.85 bits per heavy atom. The Morgan fingerprint density at radius 2 is 2.10 bits per heavy atom. The van der Waals surface area contributed by atoms with Crippen molar-refractivity contribution in [2.45, 2.75) is 6.92 Å². The van der Waals surface area contributed by atoms with Crippen LogP contribution >= 0.6 is 15.9 Å². The van der Waals surface area contributed by atoms with Crippen LogP contribution in [0, 0.1) is 6.92 Å². The van der Waals surface area contributed by atoms with E-state index in [1.165, 1.54) is 6.20 Å². The molecule has 0 bridgehead atoms. The van der Waals surface area contributed by atoms with Gasteiger partial charge in [0.15, 0.2) is 0 Å². The third kappa shape index (κ3) is 2.30. The Morgan fingerprint density at radius 1 is 1.25 bits per heavy atom. The molecule has 1 aromatic carbocycles. The Balaban J connectivity index is 2.02. The molecular weight excluding hydrogens is 322 g/mol. The summed E-state index contributed by atoms with van der Waals surface area (Å²) in [4.78, 5) is 8.11. The third-order valence-electron chi connectivity index (χ3n) is 2.89. The quantitative estimate of drug-likeness (QED) is 0.777. The summed E-state index contributed by atoms with van der Waals surface area (Å²) in [6.07, 6.45) is 2.89. The number of nitrogens with zero attached hydrogens (tertiary/aromatic N) is 3. The van der Waals surface area contributed by atoms with Gasteiger partial charge in [-0.25, -0.2) is 0 Å². The lowest BCUT2D eigenvalue weighted by Gasteiger charge is -1.99. The monoisotopic (exact) mass is 331 g/mol. The molecule has 0 unspecified atom stereocenters. The zero-order valence-electron chi connectivity index (χ0n) is 10.5. The van der Waals surface area contributed by atoms with E-state index in [-0.39, 0.29) is 11.6 Å². The molecule has 5 nitrogen and oxygen atoms in total. The largest absolute Gasteiger partial charge is 0.505 e. The lowest BCUT2D eigenvalue weighted by Crippen LogP contribution is -1.84. The molecule has 0 amide bonds. The van der Waals surface area contributed by atoms with Crippen molar-refractivity contribution < 1.29 is 9.63 Å². The summed E-state index contributed by atoms with van der Waals surface area (Å²) in [5.74, 6) is 0.737. The highest BCUT2D eigenvalue weighted by Crippen LogP contribution is 2.29. The van der Waals surface area contributed by atoms with Crippen LogP contribution in [0.15, 0.2) is 45.7 Å². The first-order chi connectivity index (χ1) is 9.65. The fourth-order valence-corrected chi connectivity index (χ4v) is 2.13. The molecule has 0 saturated heterocycles. The van der Waals surface area contributed by atoms with Crippen molar-refractivity contribution in [3.8, 4) is 28.6 Å². The number of aryl methyl sites for hydroxylation is 1. The van der Waals surface area contributed by atoms with Crippen LogP contribution in [0.1, 0.15) is 5.56 Å². The first-order valence-electron chi connectivity index (χ1n) is 5.89. The van der Waals surface area contributed by atoms with Crippen LogP contribution in [0.4, 0.5) is 0 Å². The minimum Gasteiger partial charge on any atom is -0.505 e. The van der Waals surface area contributed by atoms with Gasteiger partial charge in [-0.05, 0) is 24.6 Å². The highest BCUT2D eigenvalue weighted by atomic mass is 79.9. The zero-order valence-corrected chi connectivity index (χ0v) is 12.1. The van der Waals surface area contributed by atoms with Gasteiger partial charge in [-0.1, -0.05) is 33.2 Å². The molecular formula is C14H10BrN3O2. The van der Waals surface area contributed by atoms with Gasteiger partial charge >= 0.3 is 0 Å². The molecule has 100 valence electrons. The summed E-state index contributed by atoms with van der Waals surface area (Å²) in [6, 6.07) is 7.44. The smallest absolute Gasteiger partial charge is 0.262 e. The Hall–Kier alpha value is -2.21. The maximum absolute atomic E-state index is 9.73. The summed E-state index contributed by atoms with van der Waals surface area (Å²) in [6.45, 7) is 2.00. The molecule has 0 aliphatic rings. The molecule has 2 aromatic heterocycles. The number of benzene rings is 1. The van der Waals surface area contributed by atoms with E-state index >= 15 is 0 Å². The van der Waals surface area contributed by atoms with Crippen LogP contribution in [-0.2, 0) is 0 Å². The van der Waals surface area contributed by atoms with Crippen molar-refractivity contribution in [3.05, 3.63) is 46.7 Å². The maximum atomic E-state index is 9.73. The molecule has 0 aliphatic heterocycles. The van der Waals surface area contributed by atoms with E-state index in [1.54, 1.807) is 12.3 Å². The fourth-order valence-electron chi connectivity index (χ4n) is 1.75. The first kappa shape index (κ1) is 12.8. The third-order valence-corrected chi connectivity index (χ3v) is 3.74. The summed E-state index contributed by atoms with van der Waals surface area (Å²) >= 11 is 3.47. The lowest BCUT2D eigenvalue weighted by molar-refractivity contribution is 0.425. The van der Waals surface area contributed by atoms with Gasteiger partial charge in [-0.3, -0.25) is 4.98 Å². The highest BCUT2D eigenvalue weighted by Gasteiger charge is 2.14. The number of pyridine rings is 1. The summed E-state index contributed by atoms with van der Waals surface area (Å²) in [5.41, 5.74) is 2.43. The fraction of sp³-hybridized carbons (Fsp3) is 0.0714. The predicted molar refractivity (Wildman–Crippen MR) is 77.1 cm³/mol. The molecule has 2 heterocycles. The Kier molecular flexibility index (Phi) is 3.23. The van der Waals surface area contributed by atoms with Gasteiger partial charge in [-0.2, -0.15) is 4.98 Å². The van der Waals surface area contributed by atoms with Crippen molar-refractivity contribution in [3.63, 3.8) is 0 Å². The van der Waals surface area contributed by atoms with Crippen LogP contribution in [-0.4, -0.2) is 20.2 Å². The van der Waals surface area contributed by atoms with Crippen molar-refractivity contribution in [2.75, 3.05) is 0 Å². The molecule has 0 saturated carbocycles. The van der Waals surface area contributed by atoms with Crippen LogP contribution in [0.5, 0.6) is 5.75 Å². The highest BCUT2D eigenvalue weighted by molar-refractivity contribution is 9.10. The van der Waals surface area contributed by atoms with Crippen LogP contribution < -0.4 is 0 Å². The van der Waals surface area contributed by atoms with Crippen molar-refractivity contribution in [1.29, 1.82) is 0 Å². The standard InChI is InChI=1S/C14H10BrN3O2/c1-8-2-3-9(6-11(8)15)13-17-14(20-18-13)10-4-5-16-7-12(10)19/h2-7,19H,1H3. The average molecular weight is 332 g/mol. The SMILES string of the molecule is Cc1ccc(-c2noc(-c3ccncc3O)n2)cc1Br. The summed E-state index contributed by atoms with van der Waals surface area (Å²) in [7, 11) is 0. The summed E-state index contributed by atoms with van der Waals surface area (Å²) in [5, 5.41) is 13.7. The first-order valence-corrected chi connectivity index (χ1v) is 6.68. The van der Waals surface area contributed by atoms with E-state index in [1.807, 2.05) is 25.1 Å². The summed E-state index contributed by atoms with van der Waals surface area (Å²) < 4.78 is 6.17. The number of halogens is 1. The lowest BCUT2D eigenvalue weighted by atomic mass is 10.1. The van der Waals surface area contributed by atoms with Gasteiger partial charge in [0.1, 0.15) is 5.75 Å². The molecule has 0 spiro atoms. The second-order valence-corrected chi connectivity index (χ2v) is 5.13. The minimum atomic E-state index is 0.00721. The topological polar surface area (TPSA) is 72.0 Å². The molecule has 0 atom stereocenters. The Labute approximate surface area is 123 Å². The number of hydrogen-bond acceptors (Lipinski definition) is 5. The van der Waals surface area contributed by atoms with Gasteiger partial charge in [0.05, 0.1) is 11.8 Å². The van der Waals surface area contributed by atoms with Gasteiger partial charge in [0.25, 0.3) is 5.89 Å². The van der Waals surface area contributed by atoms with E-state index in [0.29, 0.717) is 11.4 Å². The van der Waals surface area contributed by atoms with E-state index < -0.39 is 0 Å². The van der Waals surface area contributed by atoms with Crippen LogP contribution in [0.25, 0.3) is 22.8 Å². The average Bonchev–Trinajstić information content (AvgIpc) is 2.92. The number of hydrogen-bond donors (Lipinski definition) is 1. The number of aromatic hydroxyl groups is 1.